The number of para-hydroxylation sites is 1. The lowest BCUT2D eigenvalue weighted by molar-refractivity contribution is 0.397. The number of nitrogens with one attached hydrogen (secondary N) is 1. The molecule has 1 aliphatic carbocycles. The largest absolute Gasteiger partial charge is 0.320 e. The van der Waals surface area contributed by atoms with Crippen molar-refractivity contribution in [3.63, 3.8) is 0 Å². The molecule has 7 heteroatoms. The van der Waals surface area contributed by atoms with Crippen molar-refractivity contribution in [2.24, 2.45) is 4.99 Å². The van der Waals surface area contributed by atoms with Gasteiger partial charge in [-0.2, -0.15) is 5.26 Å². The zero-order valence-electron chi connectivity index (χ0n) is 17.8. The highest BCUT2D eigenvalue weighted by Gasteiger charge is 2.50. The van der Waals surface area contributed by atoms with Crippen LogP contribution in [0.4, 0.5) is 5.69 Å². The molecule has 2 aromatic carbocycles. The van der Waals surface area contributed by atoms with Crippen molar-refractivity contribution in [1.82, 2.24) is 5.32 Å². The molecule has 2 heterocycles. The lowest BCUT2D eigenvalue weighted by atomic mass is 9.92. The predicted octanol–water partition coefficient (Wildman–Crippen LogP) is 7.07. The van der Waals surface area contributed by atoms with Gasteiger partial charge in [-0.1, -0.05) is 84.7 Å². The summed E-state index contributed by atoms with van der Waals surface area (Å²) in [5, 5.41) is 14.3. The van der Waals surface area contributed by atoms with Crippen LogP contribution < -0.4 is 10.2 Å². The van der Waals surface area contributed by atoms with E-state index in [0.717, 1.165) is 40.2 Å². The first-order chi connectivity index (χ1) is 15.7. The lowest BCUT2D eigenvalue weighted by Gasteiger charge is -2.43. The number of rotatable bonds is 4. The molecule has 2 aliphatic heterocycles. The Morgan fingerprint density at radius 3 is 2.59 bits per heavy atom. The van der Waals surface area contributed by atoms with Crippen LogP contribution in [0, 0.1) is 11.3 Å². The number of nitrogens with zero attached hydrogens (tertiary/aromatic N) is 3. The van der Waals surface area contributed by atoms with Crippen LogP contribution >= 0.6 is 35.1 Å². The Kier molecular flexibility index (Phi) is 6.41. The van der Waals surface area contributed by atoms with E-state index < -0.39 is 0 Å². The van der Waals surface area contributed by atoms with Gasteiger partial charge in [-0.05, 0) is 42.7 Å². The Labute approximate surface area is 203 Å². The second-order valence-corrected chi connectivity index (χ2v) is 11.2. The number of halogens is 1. The van der Waals surface area contributed by atoms with Gasteiger partial charge < -0.3 is 10.2 Å². The first-order valence-corrected chi connectivity index (χ1v) is 13.3. The smallest absolute Gasteiger partial charge is 0.163 e. The van der Waals surface area contributed by atoms with Gasteiger partial charge in [0.25, 0.3) is 0 Å². The molecule has 0 amide bonds. The predicted molar refractivity (Wildman–Crippen MR) is 137 cm³/mol. The molecule has 0 saturated heterocycles. The fourth-order valence-corrected chi connectivity index (χ4v) is 7.32. The van der Waals surface area contributed by atoms with E-state index in [1.54, 1.807) is 11.8 Å². The van der Waals surface area contributed by atoms with Crippen molar-refractivity contribution in [2.75, 3.05) is 10.7 Å². The molecule has 1 atom stereocenters. The highest BCUT2D eigenvalue weighted by Crippen LogP contribution is 2.59. The molecule has 164 valence electrons. The summed E-state index contributed by atoms with van der Waals surface area (Å²) in [6, 6.07) is 21.0. The highest BCUT2D eigenvalue weighted by molar-refractivity contribution is 8.13. The van der Waals surface area contributed by atoms with Crippen LogP contribution in [0.5, 0.6) is 0 Å². The fourth-order valence-electron chi connectivity index (χ4n) is 4.73. The van der Waals surface area contributed by atoms with E-state index in [-0.39, 0.29) is 10.9 Å². The second kappa shape index (κ2) is 9.43. The van der Waals surface area contributed by atoms with Crippen LogP contribution in [0.3, 0.4) is 0 Å². The Bertz CT molecular complexity index is 1070. The molecular formula is C25H25ClN4S2. The average Bonchev–Trinajstić information content (AvgIpc) is 3.13. The maximum Gasteiger partial charge on any atom is 0.163 e. The Hall–Kier alpha value is -2.07. The molecule has 1 saturated carbocycles. The fraction of sp³-hybridized carbons (Fsp3) is 0.360. The summed E-state index contributed by atoms with van der Waals surface area (Å²) in [5.74, 6) is 1.87. The summed E-state index contributed by atoms with van der Waals surface area (Å²) >= 11 is 9.81. The number of hydrogen-bond donors (Lipinski definition) is 1. The highest BCUT2D eigenvalue weighted by atomic mass is 35.5. The third-order valence-corrected chi connectivity index (χ3v) is 8.92. The Morgan fingerprint density at radius 1 is 1.12 bits per heavy atom. The maximum absolute atomic E-state index is 9.00. The van der Waals surface area contributed by atoms with Crippen LogP contribution in [0.25, 0.3) is 0 Å². The number of aliphatic imine (C=N–C) groups is 1. The van der Waals surface area contributed by atoms with Crippen LogP contribution in [-0.4, -0.2) is 15.8 Å². The normalized spacial score (nSPS) is 21.7. The van der Waals surface area contributed by atoms with Crippen LogP contribution in [-0.2, 0) is 0 Å². The molecule has 1 N–H and O–H groups in total. The third kappa shape index (κ3) is 4.14. The summed E-state index contributed by atoms with van der Waals surface area (Å²) in [4.78, 5) is 8.95. The summed E-state index contributed by atoms with van der Waals surface area (Å²) in [6.07, 6.45) is 6.61. The monoisotopic (exact) mass is 480 g/mol. The van der Waals surface area contributed by atoms with Gasteiger partial charge in [-0.25, -0.2) is 4.99 Å². The van der Waals surface area contributed by atoms with E-state index >= 15 is 0 Å². The van der Waals surface area contributed by atoms with E-state index in [9.17, 15) is 0 Å². The summed E-state index contributed by atoms with van der Waals surface area (Å²) in [7, 11) is 0. The Morgan fingerprint density at radius 2 is 1.88 bits per heavy atom. The molecule has 3 aliphatic rings. The van der Waals surface area contributed by atoms with Gasteiger partial charge in [-0.15, -0.1) is 0 Å². The van der Waals surface area contributed by atoms with Gasteiger partial charge in [0.15, 0.2) is 5.17 Å². The molecule has 0 aromatic heterocycles. The van der Waals surface area contributed by atoms with Crippen molar-refractivity contribution < 1.29 is 0 Å². The van der Waals surface area contributed by atoms with Gasteiger partial charge in [0.1, 0.15) is 11.9 Å². The van der Waals surface area contributed by atoms with Crippen LogP contribution in [0.2, 0.25) is 5.02 Å². The minimum Gasteiger partial charge on any atom is -0.320 e. The third-order valence-electron chi connectivity index (χ3n) is 6.17. The molecule has 1 spiro atoms. The van der Waals surface area contributed by atoms with Crippen LogP contribution in [0.15, 0.2) is 70.3 Å². The van der Waals surface area contributed by atoms with Crippen molar-refractivity contribution in [1.29, 1.82) is 5.26 Å². The number of anilines is 1. The van der Waals surface area contributed by atoms with E-state index in [1.165, 1.54) is 29.9 Å². The number of thioether (sulfide) groups is 2. The molecule has 2 aromatic rings. The molecule has 0 bridgehead atoms. The molecule has 1 fully saturated rings. The van der Waals surface area contributed by atoms with E-state index in [4.69, 9.17) is 21.9 Å². The van der Waals surface area contributed by atoms with E-state index in [0.29, 0.717) is 6.42 Å². The standard InChI is InChI=1S/C25H25ClN4S2/c26-19-12-10-18(11-13-19)21-22-23(29-24(28-21)31-17-7-16-27)30(20-8-3-1-4-9-20)25(32-22)14-5-2-6-15-25/h1,3-4,8-13,21H,2,5-7,14-15,17H2,(H,28,29). The average molecular weight is 481 g/mol. The van der Waals surface area contributed by atoms with E-state index in [1.807, 2.05) is 23.9 Å². The molecule has 4 nitrogen and oxygen atoms in total. The minimum absolute atomic E-state index is 0.0181. The number of nitriles is 1. The first kappa shape index (κ1) is 21.8. The summed E-state index contributed by atoms with van der Waals surface area (Å²) < 4.78 is 0. The zero-order chi connectivity index (χ0) is 22.0. The SMILES string of the molecule is N#CCCSC1=NC(c2ccc(Cl)cc2)C2=C(N1)N(c1ccccc1)C1(CCCCC1)S2. The van der Waals surface area contributed by atoms with Crippen molar-refractivity contribution in [2.45, 2.75) is 49.4 Å². The molecule has 32 heavy (non-hydrogen) atoms. The second-order valence-electron chi connectivity index (χ2n) is 8.26. The summed E-state index contributed by atoms with van der Waals surface area (Å²) in [5.41, 5.74) is 2.37. The van der Waals surface area contributed by atoms with Crippen molar-refractivity contribution >= 4 is 46.0 Å². The summed E-state index contributed by atoms with van der Waals surface area (Å²) in [6.45, 7) is 0. The maximum atomic E-state index is 9.00. The molecule has 0 radical (unpaired) electrons. The Balaban J connectivity index is 1.59. The lowest BCUT2D eigenvalue weighted by Crippen LogP contribution is -2.47. The molecule has 5 rings (SSSR count). The first-order valence-electron chi connectivity index (χ1n) is 11.1. The number of benzene rings is 2. The van der Waals surface area contributed by atoms with Gasteiger partial charge in [0, 0.05) is 22.9 Å². The van der Waals surface area contributed by atoms with Gasteiger partial charge in [0.05, 0.1) is 15.8 Å². The van der Waals surface area contributed by atoms with E-state index in [2.05, 4.69) is 58.8 Å². The molecule has 1 unspecified atom stereocenters. The van der Waals surface area contributed by atoms with Gasteiger partial charge in [0.2, 0.25) is 0 Å². The molecular weight excluding hydrogens is 456 g/mol. The minimum atomic E-state index is -0.0642. The van der Waals surface area contributed by atoms with Gasteiger partial charge in [-0.3, -0.25) is 0 Å². The topological polar surface area (TPSA) is 51.4 Å². The quantitative estimate of drug-likeness (QED) is 0.474. The number of hydrogen-bond acceptors (Lipinski definition) is 6. The van der Waals surface area contributed by atoms with Crippen molar-refractivity contribution in [3.8, 4) is 6.07 Å². The van der Waals surface area contributed by atoms with Crippen molar-refractivity contribution in [3.05, 3.63) is 75.9 Å². The van der Waals surface area contributed by atoms with Gasteiger partial charge >= 0.3 is 0 Å². The zero-order valence-corrected chi connectivity index (χ0v) is 20.1. The van der Waals surface area contributed by atoms with Crippen LogP contribution in [0.1, 0.15) is 50.1 Å². The number of amidine groups is 1.